The molecule has 1 saturated heterocycles. The summed E-state index contributed by atoms with van der Waals surface area (Å²) in [7, 11) is 1.66. The molecule has 1 aromatic carbocycles. The SMILES string of the molecule is COc1ccc(CN2CCC(=O)C2)cc1. The molecule has 1 heterocycles. The topological polar surface area (TPSA) is 29.5 Å². The number of likely N-dealkylation sites (tertiary alicyclic amines) is 1. The van der Waals surface area contributed by atoms with Crippen LogP contribution in [0, 0.1) is 0 Å². The third kappa shape index (κ3) is 2.57. The molecule has 0 aliphatic carbocycles. The van der Waals surface area contributed by atoms with Crippen molar-refractivity contribution in [2.45, 2.75) is 13.0 Å². The van der Waals surface area contributed by atoms with Gasteiger partial charge in [-0.1, -0.05) is 12.1 Å². The van der Waals surface area contributed by atoms with Crippen LogP contribution < -0.4 is 4.74 Å². The van der Waals surface area contributed by atoms with Gasteiger partial charge in [0.05, 0.1) is 13.7 Å². The smallest absolute Gasteiger partial charge is 0.148 e. The highest BCUT2D eigenvalue weighted by Crippen LogP contribution is 2.14. The molecule has 1 aliphatic heterocycles. The first-order valence-corrected chi connectivity index (χ1v) is 5.15. The standard InChI is InChI=1S/C12H15NO2/c1-15-12-4-2-10(3-5-12)8-13-7-6-11(14)9-13/h2-5H,6-9H2,1H3. The Labute approximate surface area is 89.7 Å². The first-order valence-electron chi connectivity index (χ1n) is 5.15. The molecule has 0 amide bonds. The van der Waals surface area contributed by atoms with Crippen LogP contribution in [0.1, 0.15) is 12.0 Å². The average molecular weight is 205 g/mol. The van der Waals surface area contributed by atoms with Gasteiger partial charge in [0, 0.05) is 19.5 Å². The second-order valence-corrected chi connectivity index (χ2v) is 3.85. The van der Waals surface area contributed by atoms with Crippen LogP contribution in [0.5, 0.6) is 5.75 Å². The molecule has 0 saturated carbocycles. The van der Waals surface area contributed by atoms with Gasteiger partial charge in [-0.15, -0.1) is 0 Å². The molecule has 0 atom stereocenters. The number of methoxy groups -OCH3 is 1. The highest BCUT2D eigenvalue weighted by Gasteiger charge is 2.18. The zero-order valence-electron chi connectivity index (χ0n) is 8.90. The van der Waals surface area contributed by atoms with Crippen molar-refractivity contribution in [3.63, 3.8) is 0 Å². The third-order valence-electron chi connectivity index (χ3n) is 2.67. The van der Waals surface area contributed by atoms with E-state index in [1.807, 2.05) is 24.3 Å². The van der Waals surface area contributed by atoms with Gasteiger partial charge in [0.15, 0.2) is 0 Å². The van der Waals surface area contributed by atoms with Gasteiger partial charge in [-0.25, -0.2) is 0 Å². The minimum atomic E-state index is 0.350. The molecule has 2 rings (SSSR count). The van der Waals surface area contributed by atoms with Crippen LogP contribution in [0.4, 0.5) is 0 Å². The van der Waals surface area contributed by atoms with Crippen molar-refractivity contribution in [2.75, 3.05) is 20.2 Å². The van der Waals surface area contributed by atoms with Crippen molar-refractivity contribution in [1.29, 1.82) is 0 Å². The van der Waals surface area contributed by atoms with Crippen LogP contribution in [0.2, 0.25) is 0 Å². The van der Waals surface area contributed by atoms with E-state index in [4.69, 9.17) is 4.74 Å². The van der Waals surface area contributed by atoms with E-state index in [1.165, 1.54) is 5.56 Å². The molecule has 1 aromatic rings. The van der Waals surface area contributed by atoms with E-state index in [0.29, 0.717) is 18.7 Å². The summed E-state index contributed by atoms with van der Waals surface area (Å²) in [5.74, 6) is 1.22. The first kappa shape index (κ1) is 10.2. The molecule has 0 N–H and O–H groups in total. The number of carbonyl (C=O) groups excluding carboxylic acids is 1. The Hall–Kier alpha value is -1.35. The fourth-order valence-corrected chi connectivity index (χ4v) is 1.81. The lowest BCUT2D eigenvalue weighted by Crippen LogP contribution is -2.19. The van der Waals surface area contributed by atoms with Crippen LogP contribution in [-0.4, -0.2) is 30.9 Å². The van der Waals surface area contributed by atoms with E-state index < -0.39 is 0 Å². The maximum atomic E-state index is 11.1. The van der Waals surface area contributed by atoms with Crippen LogP contribution in [0.3, 0.4) is 0 Å². The molecule has 15 heavy (non-hydrogen) atoms. The molecule has 3 heteroatoms. The van der Waals surface area contributed by atoms with E-state index in [1.54, 1.807) is 7.11 Å². The van der Waals surface area contributed by atoms with E-state index in [9.17, 15) is 4.79 Å². The number of hydrogen-bond acceptors (Lipinski definition) is 3. The van der Waals surface area contributed by atoms with Gasteiger partial charge in [-0.2, -0.15) is 0 Å². The number of ketones is 1. The zero-order valence-corrected chi connectivity index (χ0v) is 8.90. The Morgan fingerprint density at radius 2 is 2.07 bits per heavy atom. The van der Waals surface area contributed by atoms with Gasteiger partial charge in [0.2, 0.25) is 0 Å². The minimum absolute atomic E-state index is 0.350. The Morgan fingerprint density at radius 3 is 2.60 bits per heavy atom. The van der Waals surface area contributed by atoms with E-state index in [0.717, 1.165) is 18.8 Å². The lowest BCUT2D eigenvalue weighted by atomic mass is 10.2. The summed E-state index contributed by atoms with van der Waals surface area (Å²) in [6, 6.07) is 7.99. The molecule has 0 unspecified atom stereocenters. The fraction of sp³-hybridized carbons (Fsp3) is 0.417. The van der Waals surface area contributed by atoms with Crippen molar-refractivity contribution >= 4 is 5.78 Å². The zero-order chi connectivity index (χ0) is 10.7. The van der Waals surface area contributed by atoms with Gasteiger partial charge < -0.3 is 4.74 Å². The number of rotatable bonds is 3. The molecule has 1 fully saturated rings. The molecule has 1 aliphatic rings. The summed E-state index contributed by atoms with van der Waals surface area (Å²) in [4.78, 5) is 13.3. The largest absolute Gasteiger partial charge is 0.497 e. The minimum Gasteiger partial charge on any atom is -0.497 e. The van der Waals surface area contributed by atoms with Crippen LogP contribution in [-0.2, 0) is 11.3 Å². The number of carbonyl (C=O) groups is 1. The van der Waals surface area contributed by atoms with E-state index in [-0.39, 0.29) is 0 Å². The lowest BCUT2D eigenvalue weighted by Gasteiger charge is -2.13. The second-order valence-electron chi connectivity index (χ2n) is 3.85. The van der Waals surface area contributed by atoms with Crippen molar-refractivity contribution in [3.8, 4) is 5.75 Å². The Kier molecular flexibility index (Phi) is 3.02. The predicted octanol–water partition coefficient (Wildman–Crippen LogP) is 1.47. The highest BCUT2D eigenvalue weighted by molar-refractivity contribution is 5.82. The third-order valence-corrected chi connectivity index (χ3v) is 2.67. The maximum Gasteiger partial charge on any atom is 0.148 e. The van der Waals surface area contributed by atoms with Crippen LogP contribution in [0.15, 0.2) is 24.3 Å². The van der Waals surface area contributed by atoms with Crippen LogP contribution >= 0.6 is 0 Å². The molecule has 80 valence electrons. The van der Waals surface area contributed by atoms with E-state index >= 15 is 0 Å². The van der Waals surface area contributed by atoms with Gasteiger partial charge in [-0.3, -0.25) is 9.69 Å². The lowest BCUT2D eigenvalue weighted by molar-refractivity contribution is -0.116. The highest BCUT2D eigenvalue weighted by atomic mass is 16.5. The second kappa shape index (κ2) is 4.45. The van der Waals surface area contributed by atoms with Crippen molar-refractivity contribution in [1.82, 2.24) is 4.90 Å². The number of benzene rings is 1. The number of nitrogens with zero attached hydrogens (tertiary/aromatic N) is 1. The molecule has 0 aromatic heterocycles. The number of Topliss-reactive ketones (excluding diaryl/α,β-unsaturated/α-hetero) is 1. The molecule has 0 bridgehead atoms. The monoisotopic (exact) mass is 205 g/mol. The Bertz CT molecular complexity index is 345. The fourth-order valence-electron chi connectivity index (χ4n) is 1.81. The van der Waals surface area contributed by atoms with Crippen molar-refractivity contribution in [2.24, 2.45) is 0 Å². The Morgan fingerprint density at radius 1 is 1.33 bits per heavy atom. The number of ether oxygens (including phenoxy) is 1. The van der Waals surface area contributed by atoms with Crippen LogP contribution in [0.25, 0.3) is 0 Å². The molecular weight excluding hydrogens is 190 g/mol. The molecule has 0 spiro atoms. The van der Waals surface area contributed by atoms with Gasteiger partial charge in [-0.05, 0) is 17.7 Å². The van der Waals surface area contributed by atoms with Gasteiger partial charge >= 0.3 is 0 Å². The summed E-state index contributed by atoms with van der Waals surface area (Å²) in [6.45, 7) is 2.35. The van der Waals surface area contributed by atoms with Crippen molar-refractivity contribution in [3.05, 3.63) is 29.8 Å². The molecular formula is C12H15NO2. The van der Waals surface area contributed by atoms with Crippen molar-refractivity contribution < 1.29 is 9.53 Å². The van der Waals surface area contributed by atoms with Gasteiger partial charge in [0.1, 0.15) is 11.5 Å². The van der Waals surface area contributed by atoms with E-state index in [2.05, 4.69) is 4.90 Å². The predicted molar refractivity (Wildman–Crippen MR) is 57.9 cm³/mol. The summed E-state index contributed by atoms with van der Waals surface area (Å²) >= 11 is 0. The summed E-state index contributed by atoms with van der Waals surface area (Å²) < 4.78 is 5.09. The van der Waals surface area contributed by atoms with Gasteiger partial charge in [0.25, 0.3) is 0 Å². The Balaban J connectivity index is 1.96. The average Bonchev–Trinajstić information content (AvgIpc) is 2.65. The molecule has 0 radical (unpaired) electrons. The summed E-state index contributed by atoms with van der Waals surface area (Å²) in [6.07, 6.45) is 0.705. The number of hydrogen-bond donors (Lipinski definition) is 0. The summed E-state index contributed by atoms with van der Waals surface area (Å²) in [5.41, 5.74) is 1.23. The quantitative estimate of drug-likeness (QED) is 0.748. The maximum absolute atomic E-state index is 11.1. The normalized spacial score (nSPS) is 17.0. The first-order chi connectivity index (χ1) is 7.28. The molecule has 3 nitrogen and oxygen atoms in total. The summed E-state index contributed by atoms with van der Waals surface area (Å²) in [5, 5.41) is 0.